The van der Waals surface area contributed by atoms with Crippen LogP contribution in [0.1, 0.15) is 11.1 Å². The van der Waals surface area contributed by atoms with Crippen LogP contribution < -0.4 is 0 Å². The van der Waals surface area contributed by atoms with E-state index in [2.05, 4.69) is 84.9 Å². The van der Waals surface area contributed by atoms with E-state index < -0.39 is 0 Å². The molecule has 0 aliphatic heterocycles. The topological polar surface area (TPSA) is 0 Å². The second-order valence-corrected chi connectivity index (χ2v) is 7.63. The quantitative estimate of drug-likeness (QED) is 0.332. The first-order valence-corrected chi connectivity index (χ1v) is 9.57. The molecule has 0 aliphatic rings. The van der Waals surface area contributed by atoms with Crippen molar-refractivity contribution in [1.82, 2.24) is 0 Å². The number of hydrogen-bond donors (Lipinski definition) is 0. The van der Waals surface area contributed by atoms with Gasteiger partial charge in [0.1, 0.15) is 0 Å². The van der Waals surface area contributed by atoms with Gasteiger partial charge < -0.3 is 0 Å². The molecular weight excluding hydrogens is 320 g/mol. The summed E-state index contributed by atoms with van der Waals surface area (Å²) in [5, 5.41) is 5.43. The Morgan fingerprint density at radius 3 is 2.36 bits per heavy atom. The average Bonchev–Trinajstić information content (AvgIpc) is 3.05. The Morgan fingerprint density at radius 2 is 1.40 bits per heavy atom. The van der Waals surface area contributed by atoms with Gasteiger partial charge in [0.05, 0.1) is 0 Å². The van der Waals surface area contributed by atoms with E-state index in [1.165, 1.54) is 42.1 Å². The molecule has 0 atom stereocenters. The van der Waals surface area contributed by atoms with Crippen LogP contribution in [0.15, 0.2) is 84.9 Å². The molecule has 1 heteroatoms. The monoisotopic (exact) mass is 338 g/mol. The van der Waals surface area contributed by atoms with Crippen LogP contribution in [0.25, 0.3) is 30.9 Å². The first-order chi connectivity index (χ1) is 12.4. The highest BCUT2D eigenvalue weighted by molar-refractivity contribution is 7.26. The van der Waals surface area contributed by atoms with Gasteiger partial charge in [-0.3, -0.25) is 0 Å². The lowest BCUT2D eigenvalue weighted by atomic mass is 10.00. The Bertz CT molecular complexity index is 1200. The van der Waals surface area contributed by atoms with E-state index in [4.69, 9.17) is 0 Å². The fourth-order valence-corrected chi connectivity index (χ4v) is 4.92. The van der Waals surface area contributed by atoms with E-state index in [1.54, 1.807) is 0 Å². The van der Waals surface area contributed by atoms with Crippen molar-refractivity contribution < 1.29 is 0 Å². The molecule has 120 valence electrons. The molecule has 0 bridgehead atoms. The van der Waals surface area contributed by atoms with Crippen LogP contribution >= 0.6 is 11.3 Å². The highest BCUT2D eigenvalue weighted by Crippen LogP contribution is 2.36. The number of hydrogen-bond acceptors (Lipinski definition) is 1. The van der Waals surface area contributed by atoms with Gasteiger partial charge in [-0.1, -0.05) is 78.9 Å². The molecule has 0 spiro atoms. The zero-order valence-electron chi connectivity index (χ0n) is 13.9. The van der Waals surface area contributed by atoms with Crippen LogP contribution in [0.5, 0.6) is 0 Å². The maximum atomic E-state index is 2.33. The van der Waals surface area contributed by atoms with Crippen molar-refractivity contribution in [2.24, 2.45) is 0 Å². The second-order valence-electron chi connectivity index (χ2n) is 6.57. The molecule has 0 amide bonds. The fraction of sp³-hybridized carbons (Fsp3) is 0.0833. The summed E-state index contributed by atoms with van der Waals surface area (Å²) in [5.41, 5.74) is 2.88. The average molecular weight is 338 g/mol. The maximum Gasteiger partial charge on any atom is 0.0387 e. The smallest absolute Gasteiger partial charge is 0.0387 e. The minimum absolute atomic E-state index is 1.08. The van der Waals surface area contributed by atoms with Crippen LogP contribution in [0.4, 0.5) is 0 Å². The summed E-state index contributed by atoms with van der Waals surface area (Å²) in [5.74, 6) is 0. The number of aryl methyl sites for hydroxylation is 2. The van der Waals surface area contributed by atoms with E-state index in [0.717, 1.165) is 12.8 Å². The maximum absolute atomic E-state index is 2.33. The van der Waals surface area contributed by atoms with Crippen molar-refractivity contribution >= 4 is 42.3 Å². The Balaban J connectivity index is 1.50. The van der Waals surface area contributed by atoms with Crippen LogP contribution in [0.2, 0.25) is 0 Å². The van der Waals surface area contributed by atoms with Gasteiger partial charge in [-0.2, -0.15) is 0 Å². The first-order valence-electron chi connectivity index (χ1n) is 8.75. The van der Waals surface area contributed by atoms with Gasteiger partial charge in [-0.25, -0.2) is 0 Å². The summed E-state index contributed by atoms with van der Waals surface area (Å²) in [6.07, 6.45) is 2.17. The molecule has 0 unspecified atom stereocenters. The van der Waals surface area contributed by atoms with Crippen molar-refractivity contribution in [3.63, 3.8) is 0 Å². The summed E-state index contributed by atoms with van der Waals surface area (Å²) in [4.78, 5) is 0. The molecule has 5 rings (SSSR count). The summed E-state index contributed by atoms with van der Waals surface area (Å²) in [6.45, 7) is 0. The number of thiophene rings is 1. The van der Waals surface area contributed by atoms with Crippen molar-refractivity contribution in [3.05, 3.63) is 96.1 Å². The molecule has 1 aromatic heterocycles. The molecule has 0 N–H and O–H groups in total. The molecular formula is C24H18S. The lowest BCUT2D eigenvalue weighted by molar-refractivity contribution is 0.973. The van der Waals surface area contributed by atoms with Crippen LogP contribution in [0.3, 0.4) is 0 Å². The molecule has 0 nitrogen and oxygen atoms in total. The lowest BCUT2D eigenvalue weighted by Crippen LogP contribution is -1.91. The van der Waals surface area contributed by atoms with Crippen LogP contribution in [0, 0.1) is 0 Å². The van der Waals surface area contributed by atoms with Crippen molar-refractivity contribution in [2.45, 2.75) is 12.8 Å². The number of rotatable bonds is 3. The lowest BCUT2D eigenvalue weighted by Gasteiger charge is -2.06. The SMILES string of the molecule is c1ccc2cc(CCc3cccc4c3sc3ccccc34)ccc2c1. The summed E-state index contributed by atoms with van der Waals surface area (Å²) in [6, 6.07) is 30.9. The van der Waals surface area contributed by atoms with Gasteiger partial charge in [-0.05, 0) is 40.8 Å². The molecule has 0 aliphatic carbocycles. The Hall–Kier alpha value is -2.64. The Labute approximate surface area is 151 Å². The van der Waals surface area contributed by atoms with Gasteiger partial charge in [0.2, 0.25) is 0 Å². The molecule has 25 heavy (non-hydrogen) atoms. The second kappa shape index (κ2) is 6.02. The number of fused-ring (bicyclic) bond motifs is 4. The van der Waals surface area contributed by atoms with Gasteiger partial charge in [0.25, 0.3) is 0 Å². The van der Waals surface area contributed by atoms with Gasteiger partial charge in [-0.15, -0.1) is 11.3 Å². The normalized spacial score (nSPS) is 11.5. The molecule has 0 saturated heterocycles. The molecule has 5 aromatic rings. The largest absolute Gasteiger partial charge is 0.135 e. The highest BCUT2D eigenvalue weighted by atomic mass is 32.1. The standard InChI is InChI=1S/C24H18S/c1-2-7-20-16-17(12-14-18(20)6-1)13-15-19-8-5-10-22-21-9-3-4-11-23(21)25-24(19)22/h1-12,14,16H,13,15H2. The molecule has 0 saturated carbocycles. The van der Waals surface area contributed by atoms with Crippen molar-refractivity contribution in [3.8, 4) is 0 Å². The van der Waals surface area contributed by atoms with E-state index in [-0.39, 0.29) is 0 Å². The molecule has 0 fully saturated rings. The third-order valence-corrected chi connectivity index (χ3v) is 6.24. The minimum Gasteiger partial charge on any atom is -0.135 e. The summed E-state index contributed by atoms with van der Waals surface area (Å²) >= 11 is 1.93. The van der Waals surface area contributed by atoms with E-state index >= 15 is 0 Å². The van der Waals surface area contributed by atoms with Gasteiger partial charge >= 0.3 is 0 Å². The van der Waals surface area contributed by atoms with Crippen LogP contribution in [-0.2, 0) is 12.8 Å². The van der Waals surface area contributed by atoms with Gasteiger partial charge in [0.15, 0.2) is 0 Å². The van der Waals surface area contributed by atoms with Crippen molar-refractivity contribution in [2.75, 3.05) is 0 Å². The predicted octanol–water partition coefficient (Wildman–Crippen LogP) is 6.99. The molecule has 4 aromatic carbocycles. The minimum atomic E-state index is 1.08. The fourth-order valence-electron chi connectivity index (χ4n) is 3.68. The molecule has 0 radical (unpaired) electrons. The zero-order valence-corrected chi connectivity index (χ0v) is 14.7. The highest BCUT2D eigenvalue weighted by Gasteiger charge is 2.08. The van der Waals surface area contributed by atoms with E-state index in [0.29, 0.717) is 0 Å². The van der Waals surface area contributed by atoms with Crippen LogP contribution in [-0.4, -0.2) is 0 Å². The predicted molar refractivity (Wildman–Crippen MR) is 111 cm³/mol. The van der Waals surface area contributed by atoms with Gasteiger partial charge in [0, 0.05) is 20.2 Å². The Kier molecular flexibility index (Phi) is 3.53. The third kappa shape index (κ3) is 2.61. The summed E-state index contributed by atoms with van der Waals surface area (Å²) in [7, 11) is 0. The van der Waals surface area contributed by atoms with E-state index in [9.17, 15) is 0 Å². The third-order valence-electron chi connectivity index (χ3n) is 4.98. The first kappa shape index (κ1) is 14.7. The number of benzene rings is 4. The summed E-state index contributed by atoms with van der Waals surface area (Å²) < 4.78 is 2.83. The van der Waals surface area contributed by atoms with E-state index in [1.807, 2.05) is 11.3 Å². The molecule has 1 heterocycles. The Morgan fingerprint density at radius 1 is 0.600 bits per heavy atom. The van der Waals surface area contributed by atoms with Crippen molar-refractivity contribution in [1.29, 1.82) is 0 Å². The zero-order chi connectivity index (χ0) is 16.6.